The normalized spacial score (nSPS) is 20.2. The van der Waals surface area contributed by atoms with E-state index in [1.807, 2.05) is 42.5 Å². The summed E-state index contributed by atoms with van der Waals surface area (Å²) in [5, 5.41) is 3.48. The van der Waals surface area contributed by atoms with E-state index in [4.69, 9.17) is 5.73 Å². The van der Waals surface area contributed by atoms with Crippen LogP contribution in [0.25, 0.3) is 11.1 Å². The van der Waals surface area contributed by atoms with E-state index in [0.717, 1.165) is 48.2 Å². The lowest BCUT2D eigenvalue weighted by Gasteiger charge is -2.49. The number of rotatable bonds is 3. The summed E-state index contributed by atoms with van der Waals surface area (Å²) in [6, 6.07) is 19.2. The molecular weight excluding hydrogens is 464 g/mol. The summed E-state index contributed by atoms with van der Waals surface area (Å²) in [6.07, 6.45) is 4.47. The zero-order valence-corrected chi connectivity index (χ0v) is 24.4. The van der Waals surface area contributed by atoms with Gasteiger partial charge in [-0.2, -0.15) is 0 Å². The van der Waals surface area contributed by atoms with E-state index >= 15 is 0 Å². The Kier molecular flexibility index (Phi) is 6.09. The number of hydrogen-bond donors (Lipinski definition) is 2. The largest absolute Gasteiger partial charge is 0.398 e. The number of amides is 1. The number of anilines is 2. The second kappa shape index (κ2) is 8.73. The minimum atomic E-state index is -0.105. The van der Waals surface area contributed by atoms with E-state index in [0.29, 0.717) is 5.56 Å². The van der Waals surface area contributed by atoms with Gasteiger partial charge in [-0.3, -0.25) is 4.79 Å². The Labute approximate surface area is 229 Å². The molecule has 3 N–H and O–H groups in total. The molecule has 3 aromatic rings. The second-order valence-corrected chi connectivity index (χ2v) is 14.2. The SMILES string of the molecule is CC1(C)CCC(C)(C)c2c1cc1c(c2NC(=O)c2[c]cc(-c3ccccc3N)cc2)C(C)(C)CCC1(C)C. The monoisotopic (exact) mass is 507 g/mol. The lowest BCUT2D eigenvalue weighted by molar-refractivity contribution is 0.102. The predicted octanol–water partition coefficient (Wildman–Crippen LogP) is 8.69. The van der Waals surface area contributed by atoms with Crippen molar-refractivity contribution in [3.05, 3.63) is 82.4 Å². The Bertz CT molecular complexity index is 1350. The molecule has 5 rings (SSSR count). The van der Waals surface area contributed by atoms with Gasteiger partial charge in [0.25, 0.3) is 5.91 Å². The predicted molar refractivity (Wildman–Crippen MR) is 160 cm³/mol. The van der Waals surface area contributed by atoms with E-state index in [9.17, 15) is 4.79 Å². The molecule has 0 bridgehead atoms. The fourth-order valence-corrected chi connectivity index (χ4v) is 6.73. The zero-order chi connectivity index (χ0) is 27.7. The van der Waals surface area contributed by atoms with Crippen LogP contribution in [-0.4, -0.2) is 5.91 Å². The van der Waals surface area contributed by atoms with Crippen LogP contribution >= 0.6 is 0 Å². The molecule has 199 valence electrons. The average molecular weight is 508 g/mol. The number of fused-ring (bicyclic) bond motifs is 2. The molecule has 2 aliphatic rings. The van der Waals surface area contributed by atoms with Crippen LogP contribution < -0.4 is 11.1 Å². The molecule has 0 aromatic heterocycles. The van der Waals surface area contributed by atoms with Crippen LogP contribution in [0.3, 0.4) is 0 Å². The molecule has 0 atom stereocenters. The van der Waals surface area contributed by atoms with Crippen LogP contribution in [-0.2, 0) is 21.7 Å². The molecule has 0 spiro atoms. The molecule has 0 heterocycles. The first-order valence-electron chi connectivity index (χ1n) is 14.0. The molecule has 3 nitrogen and oxygen atoms in total. The van der Waals surface area contributed by atoms with E-state index in [1.165, 1.54) is 22.3 Å². The summed E-state index contributed by atoms with van der Waals surface area (Å²) in [7, 11) is 0. The highest BCUT2D eigenvalue weighted by Gasteiger charge is 2.46. The van der Waals surface area contributed by atoms with Crippen molar-refractivity contribution in [3.63, 3.8) is 0 Å². The van der Waals surface area contributed by atoms with Gasteiger partial charge in [0.15, 0.2) is 0 Å². The molecule has 38 heavy (non-hydrogen) atoms. The summed E-state index contributed by atoms with van der Waals surface area (Å²) < 4.78 is 0. The number of nitrogens with two attached hydrogens (primary N) is 1. The lowest BCUT2D eigenvalue weighted by atomic mass is 9.56. The van der Waals surface area contributed by atoms with Gasteiger partial charge < -0.3 is 11.1 Å². The molecule has 3 aromatic carbocycles. The van der Waals surface area contributed by atoms with Gasteiger partial charge in [0, 0.05) is 22.5 Å². The van der Waals surface area contributed by atoms with Gasteiger partial charge in [0.1, 0.15) is 0 Å². The van der Waals surface area contributed by atoms with Gasteiger partial charge in [-0.05, 0) is 99.4 Å². The van der Waals surface area contributed by atoms with E-state index in [-0.39, 0.29) is 27.6 Å². The van der Waals surface area contributed by atoms with Crippen LogP contribution in [0.2, 0.25) is 0 Å². The fourth-order valence-electron chi connectivity index (χ4n) is 6.73. The first kappa shape index (κ1) is 26.5. The highest BCUT2D eigenvalue weighted by Crippen LogP contribution is 2.56. The number of hydrogen-bond acceptors (Lipinski definition) is 2. The summed E-state index contributed by atoms with van der Waals surface area (Å²) in [6.45, 7) is 18.8. The maximum absolute atomic E-state index is 13.9. The van der Waals surface area contributed by atoms with Crippen molar-refractivity contribution in [2.75, 3.05) is 11.1 Å². The minimum absolute atomic E-state index is 0.0292. The summed E-state index contributed by atoms with van der Waals surface area (Å²) >= 11 is 0. The Morgan fingerprint density at radius 3 is 1.79 bits per heavy atom. The molecular formula is C35H43N2O. The molecule has 3 heteroatoms. The zero-order valence-electron chi connectivity index (χ0n) is 24.4. The Morgan fingerprint density at radius 2 is 1.29 bits per heavy atom. The summed E-state index contributed by atoms with van der Waals surface area (Å²) in [4.78, 5) is 13.9. The van der Waals surface area contributed by atoms with Crippen molar-refractivity contribution >= 4 is 17.3 Å². The van der Waals surface area contributed by atoms with Gasteiger partial charge in [-0.15, -0.1) is 0 Å². The third-order valence-electron chi connectivity index (χ3n) is 9.46. The number of carbonyl (C=O) groups excluding carboxylic acids is 1. The first-order chi connectivity index (χ1) is 17.6. The van der Waals surface area contributed by atoms with E-state index < -0.39 is 0 Å². The quantitative estimate of drug-likeness (QED) is 0.348. The standard InChI is InChI=1S/C35H43N2O/c1-32(2)17-19-34(5,6)28-25(32)21-26-29(35(7,8)20-18-33(26,3)4)30(28)37-31(38)23-15-13-22(14-16-23)24-11-9-10-12-27(24)36/h9-15,21H,17-20,36H2,1-8H3,(H,37,38). The Morgan fingerprint density at radius 1 is 0.763 bits per heavy atom. The van der Waals surface area contributed by atoms with Crippen LogP contribution in [0.4, 0.5) is 11.4 Å². The number of nitrogen functional groups attached to an aromatic ring is 1. The van der Waals surface area contributed by atoms with Crippen molar-refractivity contribution in [1.29, 1.82) is 0 Å². The molecule has 0 unspecified atom stereocenters. The maximum Gasteiger partial charge on any atom is 0.256 e. The van der Waals surface area contributed by atoms with Crippen molar-refractivity contribution < 1.29 is 4.79 Å². The molecule has 0 fully saturated rings. The van der Waals surface area contributed by atoms with Crippen LogP contribution in [0.5, 0.6) is 0 Å². The third-order valence-corrected chi connectivity index (χ3v) is 9.46. The fraction of sp³-hybridized carbons (Fsp3) is 0.457. The lowest BCUT2D eigenvalue weighted by Crippen LogP contribution is -2.41. The van der Waals surface area contributed by atoms with Gasteiger partial charge in [-0.25, -0.2) is 0 Å². The van der Waals surface area contributed by atoms with E-state index in [1.54, 1.807) is 0 Å². The molecule has 1 radical (unpaired) electrons. The third kappa shape index (κ3) is 4.34. The molecule has 2 aliphatic carbocycles. The van der Waals surface area contributed by atoms with Crippen molar-refractivity contribution in [3.8, 4) is 11.1 Å². The van der Waals surface area contributed by atoms with E-state index in [2.05, 4.69) is 72.8 Å². The average Bonchev–Trinajstić information content (AvgIpc) is 2.85. The van der Waals surface area contributed by atoms with Crippen LogP contribution in [0.1, 0.15) is 114 Å². The number of para-hydroxylation sites is 1. The summed E-state index contributed by atoms with van der Waals surface area (Å²) in [5.41, 5.74) is 15.9. The number of benzene rings is 3. The van der Waals surface area contributed by atoms with Gasteiger partial charge >= 0.3 is 0 Å². The Hall–Kier alpha value is -3.07. The van der Waals surface area contributed by atoms with Crippen LogP contribution in [0, 0.1) is 6.07 Å². The molecule has 0 aliphatic heterocycles. The van der Waals surface area contributed by atoms with Crippen molar-refractivity contribution in [2.24, 2.45) is 0 Å². The van der Waals surface area contributed by atoms with Gasteiger partial charge in [-0.1, -0.05) is 85.7 Å². The van der Waals surface area contributed by atoms with Gasteiger partial charge in [0.05, 0.1) is 0 Å². The topological polar surface area (TPSA) is 55.1 Å². The highest BCUT2D eigenvalue weighted by atomic mass is 16.1. The molecule has 0 saturated carbocycles. The highest BCUT2D eigenvalue weighted by molar-refractivity contribution is 6.06. The molecule has 0 saturated heterocycles. The molecule has 1 amide bonds. The van der Waals surface area contributed by atoms with Crippen LogP contribution in [0.15, 0.2) is 48.5 Å². The summed E-state index contributed by atoms with van der Waals surface area (Å²) in [5.74, 6) is -0.105. The number of nitrogens with one attached hydrogen (secondary N) is 1. The van der Waals surface area contributed by atoms with Crippen molar-refractivity contribution in [1.82, 2.24) is 0 Å². The smallest absolute Gasteiger partial charge is 0.256 e. The van der Waals surface area contributed by atoms with Gasteiger partial charge in [0.2, 0.25) is 0 Å². The number of carbonyl (C=O) groups is 1. The Balaban J connectivity index is 1.65. The maximum atomic E-state index is 13.9. The second-order valence-electron chi connectivity index (χ2n) is 14.2. The minimum Gasteiger partial charge on any atom is -0.398 e. The van der Waals surface area contributed by atoms with Crippen molar-refractivity contribution in [2.45, 2.75) is 103 Å². The first-order valence-corrected chi connectivity index (χ1v) is 14.0.